The van der Waals surface area contributed by atoms with Gasteiger partial charge in [-0.25, -0.2) is 0 Å². The smallest absolute Gasteiger partial charge is 0.237 e. The maximum atomic E-state index is 12.1. The van der Waals surface area contributed by atoms with Crippen molar-refractivity contribution in [3.05, 3.63) is 29.8 Å². The van der Waals surface area contributed by atoms with Crippen LogP contribution >= 0.6 is 0 Å². The number of rotatable bonds is 6. The van der Waals surface area contributed by atoms with Gasteiger partial charge in [0.15, 0.2) is 0 Å². The van der Waals surface area contributed by atoms with Crippen LogP contribution in [0.3, 0.4) is 0 Å². The van der Waals surface area contributed by atoms with Crippen molar-refractivity contribution in [3.8, 4) is 5.75 Å². The summed E-state index contributed by atoms with van der Waals surface area (Å²) < 4.78 is 5.14. The molecule has 112 valence electrons. The zero-order valence-corrected chi connectivity index (χ0v) is 13.1. The van der Waals surface area contributed by atoms with Crippen molar-refractivity contribution in [2.45, 2.75) is 45.7 Å². The highest BCUT2D eigenvalue weighted by Gasteiger charge is 2.25. The molecular formula is C16H26N2O2. The fourth-order valence-corrected chi connectivity index (χ4v) is 2.10. The lowest BCUT2D eigenvalue weighted by Crippen LogP contribution is -2.49. The molecule has 0 bridgehead atoms. The second kappa shape index (κ2) is 6.75. The molecule has 1 atom stereocenters. The lowest BCUT2D eigenvalue weighted by atomic mass is 9.93. The van der Waals surface area contributed by atoms with Gasteiger partial charge in [-0.05, 0) is 43.9 Å². The maximum absolute atomic E-state index is 12.1. The molecule has 4 heteroatoms. The molecule has 1 amide bonds. The summed E-state index contributed by atoms with van der Waals surface area (Å²) in [6.45, 7) is 8.05. The van der Waals surface area contributed by atoms with E-state index in [-0.39, 0.29) is 5.91 Å². The van der Waals surface area contributed by atoms with E-state index in [0.717, 1.165) is 11.3 Å². The minimum atomic E-state index is -0.465. The van der Waals surface area contributed by atoms with Gasteiger partial charge in [0.05, 0.1) is 18.7 Å². The van der Waals surface area contributed by atoms with E-state index in [0.29, 0.717) is 12.3 Å². The molecule has 4 nitrogen and oxygen atoms in total. The quantitative estimate of drug-likeness (QED) is 0.840. The molecule has 0 radical (unpaired) electrons. The average molecular weight is 278 g/mol. The normalized spacial score (nSPS) is 13.2. The molecule has 0 heterocycles. The van der Waals surface area contributed by atoms with Crippen LogP contribution in [0.25, 0.3) is 0 Å². The van der Waals surface area contributed by atoms with Crippen LogP contribution < -0.4 is 15.8 Å². The molecule has 20 heavy (non-hydrogen) atoms. The molecule has 1 aromatic rings. The predicted molar refractivity (Wildman–Crippen MR) is 81.6 cm³/mol. The summed E-state index contributed by atoms with van der Waals surface area (Å²) in [6, 6.07) is 7.21. The Bertz CT molecular complexity index is 438. The molecule has 0 aliphatic rings. The fraction of sp³-hybridized carbons (Fsp3) is 0.562. The Morgan fingerprint density at radius 2 is 1.85 bits per heavy atom. The second-order valence-electron chi connectivity index (χ2n) is 6.08. The van der Waals surface area contributed by atoms with Crippen LogP contribution in [0, 0.1) is 5.92 Å². The zero-order valence-electron chi connectivity index (χ0n) is 13.1. The SMILES string of the molecule is COc1ccc(C(C)(C)NC(=O)[C@@H](N)CC(C)C)cc1. The van der Waals surface area contributed by atoms with E-state index in [2.05, 4.69) is 19.2 Å². The molecule has 0 aliphatic heterocycles. The summed E-state index contributed by atoms with van der Waals surface area (Å²) in [6.07, 6.45) is 0.685. The van der Waals surface area contributed by atoms with E-state index in [1.54, 1.807) is 7.11 Å². The van der Waals surface area contributed by atoms with Crippen LogP contribution in [0.2, 0.25) is 0 Å². The van der Waals surface area contributed by atoms with E-state index < -0.39 is 11.6 Å². The van der Waals surface area contributed by atoms with Gasteiger partial charge in [-0.2, -0.15) is 0 Å². The maximum Gasteiger partial charge on any atom is 0.237 e. The molecule has 0 unspecified atom stereocenters. The molecule has 0 saturated carbocycles. The topological polar surface area (TPSA) is 64.3 Å². The van der Waals surface area contributed by atoms with Crippen LogP contribution in [0.5, 0.6) is 5.75 Å². The van der Waals surface area contributed by atoms with Crippen molar-refractivity contribution >= 4 is 5.91 Å². The van der Waals surface area contributed by atoms with Crippen molar-refractivity contribution in [1.29, 1.82) is 0 Å². The van der Waals surface area contributed by atoms with Crippen LogP contribution in [0.1, 0.15) is 39.7 Å². The summed E-state index contributed by atoms with van der Waals surface area (Å²) >= 11 is 0. The lowest BCUT2D eigenvalue weighted by molar-refractivity contribution is -0.124. The third kappa shape index (κ3) is 4.53. The number of ether oxygens (including phenoxy) is 1. The van der Waals surface area contributed by atoms with Gasteiger partial charge >= 0.3 is 0 Å². The number of carbonyl (C=O) groups is 1. The number of hydrogen-bond donors (Lipinski definition) is 2. The first-order valence-corrected chi connectivity index (χ1v) is 6.98. The largest absolute Gasteiger partial charge is 0.497 e. The molecule has 1 aromatic carbocycles. The Kier molecular flexibility index (Phi) is 5.57. The summed E-state index contributed by atoms with van der Waals surface area (Å²) in [5.74, 6) is 1.09. The van der Waals surface area contributed by atoms with Gasteiger partial charge in [-0.3, -0.25) is 4.79 Å². The molecular weight excluding hydrogens is 252 g/mol. The van der Waals surface area contributed by atoms with Gasteiger partial charge < -0.3 is 15.8 Å². The molecule has 0 saturated heterocycles. The first-order valence-electron chi connectivity index (χ1n) is 6.98. The Balaban J connectivity index is 2.74. The van der Waals surface area contributed by atoms with Crippen LogP contribution in [-0.4, -0.2) is 19.1 Å². The highest BCUT2D eigenvalue weighted by Crippen LogP contribution is 2.23. The average Bonchev–Trinajstić information content (AvgIpc) is 2.37. The standard InChI is InChI=1S/C16H26N2O2/c1-11(2)10-14(17)15(19)18-16(3,4)12-6-8-13(20-5)9-7-12/h6-9,11,14H,10,17H2,1-5H3,(H,18,19)/t14-/m0/s1. The summed E-state index contributed by atoms with van der Waals surface area (Å²) in [5.41, 5.74) is 6.47. The first kappa shape index (κ1) is 16.5. The van der Waals surface area contributed by atoms with Crippen molar-refractivity contribution in [1.82, 2.24) is 5.32 Å². The first-order chi connectivity index (χ1) is 9.26. The summed E-state index contributed by atoms with van der Waals surface area (Å²) in [4.78, 5) is 12.1. The summed E-state index contributed by atoms with van der Waals surface area (Å²) in [5, 5.41) is 3.01. The Morgan fingerprint density at radius 3 is 2.30 bits per heavy atom. The molecule has 0 aliphatic carbocycles. The second-order valence-corrected chi connectivity index (χ2v) is 6.08. The summed E-state index contributed by atoms with van der Waals surface area (Å²) in [7, 11) is 1.63. The van der Waals surface area contributed by atoms with Gasteiger partial charge in [-0.1, -0.05) is 26.0 Å². The third-order valence-corrected chi connectivity index (χ3v) is 3.31. The van der Waals surface area contributed by atoms with E-state index in [1.807, 2.05) is 38.1 Å². The number of amides is 1. The number of methoxy groups -OCH3 is 1. The number of hydrogen-bond acceptors (Lipinski definition) is 3. The molecule has 0 spiro atoms. The lowest BCUT2D eigenvalue weighted by Gasteiger charge is -2.29. The van der Waals surface area contributed by atoms with Crippen LogP contribution in [0.4, 0.5) is 0 Å². The Morgan fingerprint density at radius 1 is 1.30 bits per heavy atom. The van der Waals surface area contributed by atoms with E-state index >= 15 is 0 Å². The van der Waals surface area contributed by atoms with E-state index in [1.165, 1.54) is 0 Å². The van der Waals surface area contributed by atoms with Gasteiger partial charge in [0.2, 0.25) is 5.91 Å². The van der Waals surface area contributed by atoms with Gasteiger partial charge in [-0.15, -0.1) is 0 Å². The number of benzene rings is 1. The van der Waals surface area contributed by atoms with Gasteiger partial charge in [0.25, 0.3) is 0 Å². The molecule has 3 N–H and O–H groups in total. The zero-order chi connectivity index (χ0) is 15.3. The van der Waals surface area contributed by atoms with Crippen LogP contribution in [0.15, 0.2) is 24.3 Å². The predicted octanol–water partition coefficient (Wildman–Crippen LogP) is 2.42. The Labute approximate surface area is 121 Å². The Hall–Kier alpha value is -1.55. The number of carbonyl (C=O) groups excluding carboxylic acids is 1. The number of nitrogens with one attached hydrogen (secondary N) is 1. The van der Waals surface area contributed by atoms with Crippen molar-refractivity contribution in [2.24, 2.45) is 11.7 Å². The van der Waals surface area contributed by atoms with Crippen molar-refractivity contribution in [3.63, 3.8) is 0 Å². The third-order valence-electron chi connectivity index (χ3n) is 3.31. The number of nitrogens with two attached hydrogens (primary N) is 1. The monoisotopic (exact) mass is 278 g/mol. The van der Waals surface area contributed by atoms with Crippen LogP contribution in [-0.2, 0) is 10.3 Å². The van der Waals surface area contributed by atoms with E-state index in [9.17, 15) is 4.79 Å². The highest BCUT2D eigenvalue weighted by molar-refractivity contribution is 5.82. The molecule has 0 fully saturated rings. The highest BCUT2D eigenvalue weighted by atomic mass is 16.5. The fourth-order valence-electron chi connectivity index (χ4n) is 2.10. The van der Waals surface area contributed by atoms with E-state index in [4.69, 9.17) is 10.5 Å². The van der Waals surface area contributed by atoms with Crippen molar-refractivity contribution < 1.29 is 9.53 Å². The molecule has 1 rings (SSSR count). The van der Waals surface area contributed by atoms with Crippen molar-refractivity contribution in [2.75, 3.05) is 7.11 Å². The molecule has 0 aromatic heterocycles. The minimum Gasteiger partial charge on any atom is -0.497 e. The van der Waals surface area contributed by atoms with Gasteiger partial charge in [0.1, 0.15) is 5.75 Å². The minimum absolute atomic E-state index is 0.112. The van der Waals surface area contributed by atoms with Gasteiger partial charge in [0, 0.05) is 0 Å².